The zero-order valence-corrected chi connectivity index (χ0v) is 21.7. The van der Waals surface area contributed by atoms with Gasteiger partial charge in [-0.25, -0.2) is 4.79 Å². The van der Waals surface area contributed by atoms with Crippen molar-refractivity contribution < 1.29 is 24.0 Å². The minimum atomic E-state index is -0.908. The Kier molecular flexibility index (Phi) is 8.78. The van der Waals surface area contributed by atoms with E-state index in [1.807, 2.05) is 66.7 Å². The summed E-state index contributed by atoms with van der Waals surface area (Å²) in [5.74, 6) is -0.522. The van der Waals surface area contributed by atoms with Crippen LogP contribution in [0.2, 0.25) is 5.02 Å². The van der Waals surface area contributed by atoms with Crippen LogP contribution < -0.4 is 10.6 Å². The average Bonchev–Trinajstić information content (AvgIpc) is 3.27. The van der Waals surface area contributed by atoms with Gasteiger partial charge in [-0.15, -0.1) is 0 Å². The van der Waals surface area contributed by atoms with Crippen molar-refractivity contribution in [3.05, 3.63) is 106 Å². The predicted molar refractivity (Wildman–Crippen MR) is 145 cm³/mol. The first-order chi connectivity index (χ1) is 18.3. The predicted octanol–water partition coefficient (Wildman–Crippen LogP) is 6.40. The lowest BCUT2D eigenvalue weighted by Gasteiger charge is -2.16. The van der Waals surface area contributed by atoms with Crippen LogP contribution in [-0.4, -0.2) is 28.4 Å². The molecule has 4 aromatic rings. The molecule has 1 amide bonds. The van der Waals surface area contributed by atoms with Crippen molar-refractivity contribution in [1.82, 2.24) is 10.5 Å². The molecule has 0 aliphatic carbocycles. The monoisotopic (exact) mass is 533 g/mol. The van der Waals surface area contributed by atoms with E-state index in [9.17, 15) is 14.7 Å². The molecule has 3 aromatic carbocycles. The van der Waals surface area contributed by atoms with Crippen LogP contribution >= 0.6 is 11.6 Å². The smallest absolute Gasteiger partial charge is 0.412 e. The molecule has 196 valence electrons. The van der Waals surface area contributed by atoms with Crippen LogP contribution in [0.15, 0.2) is 83.4 Å². The number of hydrogen-bond donors (Lipinski definition) is 3. The van der Waals surface area contributed by atoms with Gasteiger partial charge in [0.25, 0.3) is 0 Å². The molecule has 0 aliphatic rings. The number of nitrogens with zero attached hydrogens (tertiary/aromatic N) is 1. The first-order valence-corrected chi connectivity index (χ1v) is 12.5. The highest BCUT2D eigenvalue weighted by Crippen LogP contribution is 2.32. The van der Waals surface area contributed by atoms with Crippen molar-refractivity contribution in [2.24, 2.45) is 0 Å². The fourth-order valence-electron chi connectivity index (χ4n) is 3.99. The van der Waals surface area contributed by atoms with Crippen LogP contribution in [0.5, 0.6) is 0 Å². The van der Waals surface area contributed by atoms with Gasteiger partial charge in [0.05, 0.1) is 0 Å². The molecule has 0 radical (unpaired) electrons. The third kappa shape index (κ3) is 6.79. The summed E-state index contributed by atoms with van der Waals surface area (Å²) in [6.07, 6.45) is -0.842. The Morgan fingerprint density at radius 3 is 2.37 bits per heavy atom. The number of benzene rings is 3. The number of halogens is 1. The molecule has 0 aliphatic heterocycles. The van der Waals surface area contributed by atoms with E-state index >= 15 is 0 Å². The summed E-state index contributed by atoms with van der Waals surface area (Å²) in [5, 5.41) is 19.9. The molecule has 4 rings (SSSR count). The maximum absolute atomic E-state index is 12.6. The second kappa shape index (κ2) is 12.4. The molecule has 2 atom stereocenters. The topological polar surface area (TPSA) is 114 Å². The molecular formula is C29H28ClN3O5. The maximum Gasteiger partial charge on any atom is 0.412 e. The van der Waals surface area contributed by atoms with Crippen molar-refractivity contribution in [3.63, 3.8) is 0 Å². The van der Waals surface area contributed by atoms with E-state index in [0.717, 1.165) is 11.1 Å². The van der Waals surface area contributed by atoms with Crippen molar-refractivity contribution in [3.8, 4) is 11.3 Å². The molecule has 1 aromatic heterocycles. The first-order valence-electron chi connectivity index (χ1n) is 12.1. The Morgan fingerprint density at radius 1 is 1.00 bits per heavy atom. The molecule has 9 heteroatoms. The standard InChI is InChI=1S/C29H28ClN3O5/c1-18-26(32-29(36)37-19(2)23-10-6-7-11-24(23)30)27(38-33-18)22-14-12-21(13-15-22)17-31-25(28(34)35)16-20-8-4-3-5-9-20/h3-15,19,25,31H,16-17H2,1-2H3,(H,32,36)(H,34,35)/t19?,25-/m1/s1. The number of carboxylic acid groups (broad SMARTS) is 1. The quantitative estimate of drug-likeness (QED) is 0.216. The largest absolute Gasteiger partial charge is 0.480 e. The summed E-state index contributed by atoms with van der Waals surface area (Å²) < 4.78 is 11.0. The minimum Gasteiger partial charge on any atom is -0.480 e. The van der Waals surface area contributed by atoms with Crippen molar-refractivity contribution in [2.45, 2.75) is 39.0 Å². The van der Waals surface area contributed by atoms with Gasteiger partial charge in [0.15, 0.2) is 5.76 Å². The average molecular weight is 534 g/mol. The summed E-state index contributed by atoms with van der Waals surface area (Å²) in [6.45, 7) is 3.83. The molecule has 0 bridgehead atoms. The van der Waals surface area contributed by atoms with Crippen molar-refractivity contribution in [2.75, 3.05) is 5.32 Å². The van der Waals surface area contributed by atoms with E-state index in [1.54, 1.807) is 26.0 Å². The van der Waals surface area contributed by atoms with Gasteiger partial charge >= 0.3 is 12.1 Å². The molecule has 3 N–H and O–H groups in total. The zero-order chi connectivity index (χ0) is 27.1. The van der Waals surface area contributed by atoms with Crippen LogP contribution in [0, 0.1) is 6.92 Å². The molecule has 0 fully saturated rings. The van der Waals surface area contributed by atoms with Crippen LogP contribution in [0.1, 0.15) is 35.4 Å². The second-order valence-corrected chi connectivity index (χ2v) is 9.23. The molecular weight excluding hydrogens is 506 g/mol. The number of rotatable bonds is 10. The lowest BCUT2D eigenvalue weighted by atomic mass is 10.0. The van der Waals surface area contributed by atoms with Crippen LogP contribution in [0.25, 0.3) is 11.3 Å². The van der Waals surface area contributed by atoms with Gasteiger partial charge in [-0.2, -0.15) is 0 Å². The normalized spacial score (nSPS) is 12.5. The van der Waals surface area contributed by atoms with E-state index in [-0.39, 0.29) is 0 Å². The number of nitrogens with one attached hydrogen (secondary N) is 2. The molecule has 1 heterocycles. The number of carbonyl (C=O) groups excluding carboxylic acids is 1. The Balaban J connectivity index is 1.40. The second-order valence-electron chi connectivity index (χ2n) is 8.82. The van der Waals surface area contributed by atoms with E-state index in [1.165, 1.54) is 0 Å². The molecule has 0 spiro atoms. The highest BCUT2D eigenvalue weighted by molar-refractivity contribution is 6.31. The number of aliphatic carboxylic acids is 1. The van der Waals surface area contributed by atoms with Crippen molar-refractivity contribution in [1.29, 1.82) is 0 Å². The summed E-state index contributed by atoms with van der Waals surface area (Å²) in [5.41, 5.74) is 4.14. The number of anilines is 1. The Morgan fingerprint density at radius 2 is 1.68 bits per heavy atom. The van der Waals surface area contributed by atoms with Gasteiger partial charge in [0.2, 0.25) is 0 Å². The summed E-state index contributed by atoms with van der Waals surface area (Å²) >= 11 is 6.21. The Labute approximate surface area is 225 Å². The van der Waals surface area contributed by atoms with E-state index in [2.05, 4.69) is 15.8 Å². The van der Waals surface area contributed by atoms with Gasteiger partial charge in [-0.05, 0) is 37.5 Å². The molecule has 1 unspecified atom stereocenters. The number of ether oxygens (including phenoxy) is 1. The minimum absolute atomic E-state index is 0.372. The SMILES string of the molecule is Cc1noc(-c2ccc(CN[C@H](Cc3ccccc3)C(=O)O)cc2)c1NC(=O)OC(C)c1ccccc1Cl. The summed E-state index contributed by atoms with van der Waals surface area (Å²) in [4.78, 5) is 24.4. The zero-order valence-electron chi connectivity index (χ0n) is 21.0. The van der Waals surface area contributed by atoms with Gasteiger partial charge in [0, 0.05) is 22.7 Å². The Hall–Kier alpha value is -4.14. The molecule has 0 saturated carbocycles. The number of carboxylic acids is 1. The number of hydrogen-bond acceptors (Lipinski definition) is 6. The van der Waals surface area contributed by atoms with Gasteiger partial charge in [0.1, 0.15) is 23.5 Å². The fourth-order valence-corrected chi connectivity index (χ4v) is 4.28. The van der Waals surface area contributed by atoms with E-state index in [4.69, 9.17) is 20.9 Å². The fraction of sp³-hybridized carbons (Fsp3) is 0.207. The molecule has 0 saturated heterocycles. The van der Waals surface area contributed by atoms with Gasteiger partial charge in [-0.3, -0.25) is 10.1 Å². The van der Waals surface area contributed by atoms with Crippen molar-refractivity contribution >= 4 is 29.4 Å². The van der Waals surface area contributed by atoms with Gasteiger partial charge in [-0.1, -0.05) is 89.6 Å². The first kappa shape index (κ1) is 26.9. The number of amides is 1. The maximum atomic E-state index is 12.6. The number of aryl methyl sites for hydroxylation is 1. The molecule has 38 heavy (non-hydrogen) atoms. The lowest BCUT2D eigenvalue weighted by molar-refractivity contribution is -0.139. The molecule has 8 nitrogen and oxygen atoms in total. The van der Waals surface area contributed by atoms with Crippen LogP contribution in [0.3, 0.4) is 0 Å². The van der Waals surface area contributed by atoms with E-state index in [0.29, 0.717) is 46.3 Å². The third-order valence-corrected chi connectivity index (χ3v) is 6.41. The highest BCUT2D eigenvalue weighted by Gasteiger charge is 2.21. The van der Waals surface area contributed by atoms with Gasteiger partial charge < -0.3 is 19.7 Å². The summed E-state index contributed by atoms with van der Waals surface area (Å²) in [7, 11) is 0. The Bertz CT molecular complexity index is 1390. The lowest BCUT2D eigenvalue weighted by Crippen LogP contribution is -2.38. The number of aromatic nitrogens is 1. The van der Waals surface area contributed by atoms with E-state index < -0.39 is 24.2 Å². The van der Waals surface area contributed by atoms with Crippen LogP contribution in [0.4, 0.5) is 10.5 Å². The van der Waals surface area contributed by atoms with Crippen LogP contribution in [-0.2, 0) is 22.5 Å². The number of carbonyl (C=O) groups is 2. The summed E-state index contributed by atoms with van der Waals surface area (Å²) in [6, 6.07) is 23.3. The highest BCUT2D eigenvalue weighted by atomic mass is 35.5. The third-order valence-electron chi connectivity index (χ3n) is 6.07.